The highest BCUT2D eigenvalue weighted by atomic mass is 32.2. The minimum absolute atomic E-state index is 0.0359. The number of rotatable bonds is 10. The Morgan fingerprint density at radius 3 is 2.63 bits per heavy atom. The zero-order valence-corrected chi connectivity index (χ0v) is 17.5. The highest BCUT2D eigenvalue weighted by Crippen LogP contribution is 2.28. The van der Waals surface area contributed by atoms with Gasteiger partial charge in [0, 0.05) is 48.7 Å². The summed E-state index contributed by atoms with van der Waals surface area (Å²) in [5.41, 5.74) is 1.61. The average Bonchev–Trinajstić information content (AvgIpc) is 3.18. The van der Waals surface area contributed by atoms with E-state index >= 15 is 0 Å². The lowest BCUT2D eigenvalue weighted by Crippen LogP contribution is -2.28. The SMILES string of the molecule is CCn1cc(CCCC(=O)NCCNc2cccc3c(S(=O)(=O)O)cccc23)nn1. The molecule has 3 rings (SSSR count). The quantitative estimate of drug-likeness (QED) is 0.332. The molecule has 0 saturated carbocycles. The standard InChI is InChI=1S/C20H25N5O4S/c1-2-25-14-15(23-24-25)6-3-11-20(26)22-13-12-21-18-9-4-8-17-16(18)7-5-10-19(17)30(27,28)29/h4-5,7-10,14,21H,2-3,6,11-13H2,1H3,(H,22,26)(H,27,28,29). The molecule has 0 aliphatic heterocycles. The van der Waals surface area contributed by atoms with E-state index in [1.165, 1.54) is 6.07 Å². The Labute approximate surface area is 175 Å². The molecule has 1 amide bonds. The van der Waals surface area contributed by atoms with Crippen molar-refractivity contribution in [1.29, 1.82) is 0 Å². The maximum absolute atomic E-state index is 12.0. The minimum atomic E-state index is -4.31. The summed E-state index contributed by atoms with van der Waals surface area (Å²) in [4.78, 5) is 11.9. The van der Waals surface area contributed by atoms with Crippen LogP contribution in [0.4, 0.5) is 5.69 Å². The van der Waals surface area contributed by atoms with E-state index in [9.17, 15) is 17.8 Å². The van der Waals surface area contributed by atoms with Crippen LogP contribution in [0.3, 0.4) is 0 Å². The second kappa shape index (κ2) is 9.68. The normalized spacial score (nSPS) is 11.5. The highest BCUT2D eigenvalue weighted by Gasteiger charge is 2.14. The van der Waals surface area contributed by atoms with Gasteiger partial charge in [0.25, 0.3) is 10.1 Å². The van der Waals surface area contributed by atoms with E-state index in [0.717, 1.165) is 17.9 Å². The Morgan fingerprint density at radius 1 is 1.13 bits per heavy atom. The van der Waals surface area contributed by atoms with Crippen molar-refractivity contribution in [3.8, 4) is 0 Å². The number of carbonyl (C=O) groups is 1. The van der Waals surface area contributed by atoms with Gasteiger partial charge in [-0.2, -0.15) is 8.42 Å². The zero-order chi connectivity index (χ0) is 21.6. The first kappa shape index (κ1) is 21.7. The summed E-state index contributed by atoms with van der Waals surface area (Å²) >= 11 is 0. The van der Waals surface area contributed by atoms with Gasteiger partial charge in [0.15, 0.2) is 0 Å². The number of hydrogen-bond acceptors (Lipinski definition) is 6. The molecule has 1 heterocycles. The number of aryl methyl sites for hydroxylation is 2. The Kier molecular flexibility index (Phi) is 7.01. The fraction of sp³-hybridized carbons (Fsp3) is 0.350. The average molecular weight is 432 g/mol. The molecular weight excluding hydrogens is 406 g/mol. The molecule has 0 unspecified atom stereocenters. The van der Waals surface area contributed by atoms with Crippen LogP contribution in [0.5, 0.6) is 0 Å². The van der Waals surface area contributed by atoms with Gasteiger partial charge in [0.2, 0.25) is 5.91 Å². The summed E-state index contributed by atoms with van der Waals surface area (Å²) in [6, 6.07) is 9.90. The smallest absolute Gasteiger partial charge is 0.295 e. The highest BCUT2D eigenvalue weighted by molar-refractivity contribution is 7.86. The van der Waals surface area contributed by atoms with Gasteiger partial charge in [0.1, 0.15) is 4.90 Å². The number of aromatic nitrogens is 3. The minimum Gasteiger partial charge on any atom is -0.383 e. The van der Waals surface area contributed by atoms with Crippen LogP contribution >= 0.6 is 0 Å². The van der Waals surface area contributed by atoms with Crippen LogP contribution in [-0.4, -0.2) is 47.0 Å². The van der Waals surface area contributed by atoms with Gasteiger partial charge in [-0.25, -0.2) is 0 Å². The molecule has 0 radical (unpaired) electrons. The first-order chi connectivity index (χ1) is 14.4. The van der Waals surface area contributed by atoms with E-state index in [4.69, 9.17) is 0 Å². The number of nitrogens with zero attached hydrogens (tertiary/aromatic N) is 3. The monoisotopic (exact) mass is 431 g/mol. The molecule has 10 heteroatoms. The number of amides is 1. The number of benzene rings is 2. The fourth-order valence-electron chi connectivity index (χ4n) is 3.19. The van der Waals surface area contributed by atoms with Gasteiger partial charge >= 0.3 is 0 Å². The van der Waals surface area contributed by atoms with E-state index in [2.05, 4.69) is 20.9 Å². The topological polar surface area (TPSA) is 126 Å². The van der Waals surface area contributed by atoms with Gasteiger partial charge in [0.05, 0.1) is 5.69 Å². The number of fused-ring (bicyclic) bond motifs is 1. The summed E-state index contributed by atoms with van der Waals surface area (Å²) in [5.74, 6) is -0.0359. The molecule has 30 heavy (non-hydrogen) atoms. The first-order valence-corrected chi connectivity index (χ1v) is 11.2. The summed E-state index contributed by atoms with van der Waals surface area (Å²) in [5, 5.41) is 15.2. The lowest BCUT2D eigenvalue weighted by molar-refractivity contribution is -0.121. The molecule has 0 bridgehead atoms. The van der Waals surface area contributed by atoms with Crippen LogP contribution in [0.1, 0.15) is 25.5 Å². The molecule has 0 aliphatic carbocycles. The molecule has 3 aromatic rings. The van der Waals surface area contributed by atoms with Crippen LogP contribution in [0, 0.1) is 0 Å². The second-order valence-corrected chi connectivity index (χ2v) is 8.22. The zero-order valence-electron chi connectivity index (χ0n) is 16.7. The van der Waals surface area contributed by atoms with Gasteiger partial charge < -0.3 is 10.6 Å². The lowest BCUT2D eigenvalue weighted by Gasteiger charge is -2.12. The van der Waals surface area contributed by atoms with Crippen LogP contribution < -0.4 is 10.6 Å². The van der Waals surface area contributed by atoms with Crippen molar-refractivity contribution in [1.82, 2.24) is 20.3 Å². The third-order valence-electron chi connectivity index (χ3n) is 4.67. The van der Waals surface area contributed by atoms with Gasteiger partial charge in [-0.3, -0.25) is 14.0 Å². The number of nitrogens with one attached hydrogen (secondary N) is 2. The molecular formula is C20H25N5O4S. The molecule has 0 fully saturated rings. The van der Waals surface area contributed by atoms with Gasteiger partial charge in [-0.05, 0) is 31.9 Å². The van der Waals surface area contributed by atoms with E-state index < -0.39 is 10.1 Å². The van der Waals surface area contributed by atoms with Crippen LogP contribution in [0.25, 0.3) is 10.8 Å². The largest absolute Gasteiger partial charge is 0.383 e. The van der Waals surface area contributed by atoms with Crippen molar-refractivity contribution >= 4 is 32.5 Å². The van der Waals surface area contributed by atoms with Gasteiger partial charge in [-0.1, -0.05) is 29.5 Å². The fourth-order valence-corrected chi connectivity index (χ4v) is 3.89. The van der Waals surface area contributed by atoms with Crippen molar-refractivity contribution in [3.05, 3.63) is 48.3 Å². The second-order valence-electron chi connectivity index (χ2n) is 6.83. The molecule has 0 aliphatic rings. The van der Waals surface area contributed by atoms with Crippen LogP contribution in [-0.2, 0) is 27.9 Å². The van der Waals surface area contributed by atoms with Crippen molar-refractivity contribution in [2.45, 2.75) is 37.6 Å². The molecule has 3 N–H and O–H groups in total. The van der Waals surface area contributed by atoms with Crippen molar-refractivity contribution < 1.29 is 17.8 Å². The van der Waals surface area contributed by atoms with Crippen molar-refractivity contribution in [2.24, 2.45) is 0 Å². The summed E-state index contributed by atoms with van der Waals surface area (Å²) in [7, 11) is -4.31. The van der Waals surface area contributed by atoms with Crippen molar-refractivity contribution in [2.75, 3.05) is 18.4 Å². The van der Waals surface area contributed by atoms with Gasteiger partial charge in [-0.15, -0.1) is 5.10 Å². The maximum Gasteiger partial charge on any atom is 0.295 e. The molecule has 0 spiro atoms. The van der Waals surface area contributed by atoms with Crippen LogP contribution in [0.2, 0.25) is 0 Å². The number of hydrogen-bond donors (Lipinski definition) is 3. The third kappa shape index (κ3) is 5.55. The van der Waals surface area contributed by atoms with E-state index in [0.29, 0.717) is 43.1 Å². The Morgan fingerprint density at radius 2 is 1.90 bits per heavy atom. The molecule has 9 nitrogen and oxygen atoms in total. The summed E-state index contributed by atoms with van der Waals surface area (Å²) < 4.78 is 34.3. The Balaban J connectivity index is 1.47. The third-order valence-corrected chi connectivity index (χ3v) is 5.58. The molecule has 0 atom stereocenters. The van der Waals surface area contributed by atoms with E-state index in [1.54, 1.807) is 28.9 Å². The predicted molar refractivity (Wildman–Crippen MR) is 114 cm³/mol. The molecule has 2 aromatic carbocycles. The predicted octanol–water partition coefficient (Wildman–Crippen LogP) is 2.25. The Hall–Kier alpha value is -2.98. The van der Waals surface area contributed by atoms with E-state index in [1.807, 2.05) is 19.2 Å². The Bertz CT molecular complexity index is 1130. The summed E-state index contributed by atoms with van der Waals surface area (Å²) in [6.07, 6.45) is 3.70. The van der Waals surface area contributed by atoms with Crippen LogP contribution in [0.15, 0.2) is 47.5 Å². The number of anilines is 1. The lowest BCUT2D eigenvalue weighted by atomic mass is 10.1. The molecule has 1 aromatic heterocycles. The van der Waals surface area contributed by atoms with E-state index in [-0.39, 0.29) is 10.8 Å². The first-order valence-electron chi connectivity index (χ1n) is 9.77. The van der Waals surface area contributed by atoms with Crippen molar-refractivity contribution in [3.63, 3.8) is 0 Å². The maximum atomic E-state index is 12.0. The molecule has 160 valence electrons. The summed E-state index contributed by atoms with van der Waals surface area (Å²) in [6.45, 7) is 3.67. The number of carbonyl (C=O) groups excluding carboxylic acids is 1. The molecule has 0 saturated heterocycles.